The van der Waals surface area contributed by atoms with Gasteiger partial charge in [-0.15, -0.1) is 0 Å². The third-order valence-electron chi connectivity index (χ3n) is 5.17. The molecule has 0 bridgehead atoms. The summed E-state index contributed by atoms with van der Waals surface area (Å²) in [5, 5.41) is 4.80. The summed E-state index contributed by atoms with van der Waals surface area (Å²) < 4.78 is 21.4. The van der Waals surface area contributed by atoms with E-state index in [2.05, 4.69) is 15.1 Å². The zero-order valence-electron chi connectivity index (χ0n) is 18.0. The number of pyridine rings is 2. The Morgan fingerprint density at radius 1 is 1.19 bits per heavy atom. The van der Waals surface area contributed by atoms with Gasteiger partial charge in [0.2, 0.25) is 11.3 Å². The summed E-state index contributed by atoms with van der Waals surface area (Å²) in [6.07, 6.45) is 3.41. The largest absolute Gasteiger partial charge is 0.481 e. The molecule has 0 saturated heterocycles. The Bertz CT molecular complexity index is 1450. The number of ether oxygens (including phenoxy) is 1. The van der Waals surface area contributed by atoms with Gasteiger partial charge < -0.3 is 4.74 Å². The van der Waals surface area contributed by atoms with E-state index in [1.165, 1.54) is 23.9 Å². The summed E-state index contributed by atoms with van der Waals surface area (Å²) in [5.74, 6) is -0.105. The van der Waals surface area contributed by atoms with Crippen LogP contribution in [0.1, 0.15) is 29.4 Å². The first-order valence-electron chi connectivity index (χ1n) is 9.84. The van der Waals surface area contributed by atoms with Crippen LogP contribution in [-0.4, -0.2) is 26.9 Å². The molecule has 0 atom stereocenters. The number of rotatable bonds is 4. The van der Waals surface area contributed by atoms with Crippen LogP contribution in [0.2, 0.25) is 5.02 Å². The summed E-state index contributed by atoms with van der Waals surface area (Å²) in [6.45, 7) is 5.48. The van der Waals surface area contributed by atoms with Crippen molar-refractivity contribution in [2.45, 2.75) is 20.8 Å². The van der Waals surface area contributed by atoms with Crippen LogP contribution in [-0.2, 0) is 0 Å². The predicted molar refractivity (Wildman–Crippen MR) is 124 cm³/mol. The molecule has 0 N–H and O–H groups in total. The van der Waals surface area contributed by atoms with Crippen LogP contribution in [0, 0.1) is 19.7 Å². The molecule has 4 aromatic rings. The minimum Gasteiger partial charge on any atom is -0.481 e. The molecule has 0 spiro atoms. The van der Waals surface area contributed by atoms with Gasteiger partial charge in [0.05, 0.1) is 12.6 Å². The van der Waals surface area contributed by atoms with Gasteiger partial charge in [-0.05, 0) is 73.9 Å². The maximum atomic E-state index is 14.8. The van der Waals surface area contributed by atoms with Gasteiger partial charge in [-0.2, -0.15) is 5.10 Å². The molecule has 4 rings (SSSR count). The Hall–Kier alpha value is -3.58. The summed E-state index contributed by atoms with van der Waals surface area (Å²) in [7, 11) is 1.53. The van der Waals surface area contributed by atoms with Gasteiger partial charge >= 0.3 is 0 Å². The van der Waals surface area contributed by atoms with Crippen molar-refractivity contribution in [1.29, 1.82) is 0 Å². The predicted octanol–water partition coefficient (Wildman–Crippen LogP) is 5.15. The minimum atomic E-state index is -0.556. The molecule has 3 heterocycles. The number of allylic oxidation sites excluding steroid dienone is 1. The Kier molecular flexibility index (Phi) is 5.76. The normalized spacial score (nSPS) is 11.8. The fraction of sp³-hybridized carbons (Fsp3) is 0.167. The van der Waals surface area contributed by atoms with Crippen molar-refractivity contribution in [3.8, 4) is 11.6 Å². The lowest BCUT2D eigenvalue weighted by atomic mass is 10.1. The van der Waals surface area contributed by atoms with Crippen molar-refractivity contribution >= 4 is 34.3 Å². The third kappa shape index (κ3) is 3.99. The van der Waals surface area contributed by atoms with E-state index in [4.69, 9.17) is 16.3 Å². The summed E-state index contributed by atoms with van der Waals surface area (Å²) in [6, 6.07) is 9.63. The van der Waals surface area contributed by atoms with Gasteiger partial charge in [-0.1, -0.05) is 11.6 Å². The van der Waals surface area contributed by atoms with Crippen LogP contribution in [0.4, 0.5) is 4.39 Å². The standard InChI is InChI=1S/C24H20ClFN4O2/c1-13-10-20-23(28-15(13)3)24(31)22(14(2)9-16-7-8-27-21(11-16)32-4)29-30(20)19-6-5-17(25)12-18(19)26/h5-12H,1-4H3/b14-9+. The van der Waals surface area contributed by atoms with Crippen molar-refractivity contribution in [2.24, 2.45) is 0 Å². The van der Waals surface area contributed by atoms with Crippen LogP contribution < -0.4 is 10.2 Å². The molecular weight excluding hydrogens is 431 g/mol. The van der Waals surface area contributed by atoms with Gasteiger partial charge in [-0.3, -0.25) is 4.79 Å². The monoisotopic (exact) mass is 450 g/mol. The number of nitrogens with zero attached hydrogens (tertiary/aromatic N) is 4. The first kappa shape index (κ1) is 21.6. The smallest absolute Gasteiger partial charge is 0.233 e. The fourth-order valence-corrected chi connectivity index (χ4v) is 3.53. The van der Waals surface area contributed by atoms with E-state index in [1.807, 2.05) is 13.8 Å². The number of hydrogen-bond donors (Lipinski definition) is 0. The first-order valence-corrected chi connectivity index (χ1v) is 10.2. The Balaban J connectivity index is 2.01. The molecule has 0 aliphatic rings. The van der Waals surface area contributed by atoms with E-state index in [0.717, 1.165) is 16.8 Å². The van der Waals surface area contributed by atoms with E-state index < -0.39 is 5.82 Å². The number of fused-ring (bicyclic) bond motifs is 1. The van der Waals surface area contributed by atoms with Crippen molar-refractivity contribution in [2.75, 3.05) is 7.11 Å². The SMILES string of the molecule is COc1cc(/C=C(\C)c2nn(-c3ccc(Cl)cc3F)c3cc(C)c(C)nc3c2=O)ccn1. The van der Waals surface area contributed by atoms with E-state index in [0.29, 0.717) is 17.0 Å². The molecule has 162 valence electrons. The maximum Gasteiger partial charge on any atom is 0.233 e. The highest BCUT2D eigenvalue weighted by atomic mass is 35.5. The fourth-order valence-electron chi connectivity index (χ4n) is 3.37. The molecule has 1 aromatic carbocycles. The number of methoxy groups -OCH3 is 1. The van der Waals surface area contributed by atoms with Crippen molar-refractivity contribution < 1.29 is 9.13 Å². The molecule has 6 nitrogen and oxygen atoms in total. The molecular formula is C24H20ClFN4O2. The van der Waals surface area contributed by atoms with Crippen molar-refractivity contribution in [3.63, 3.8) is 0 Å². The lowest BCUT2D eigenvalue weighted by molar-refractivity contribution is 0.398. The first-order chi connectivity index (χ1) is 15.3. The van der Waals surface area contributed by atoms with Gasteiger partial charge in [0.15, 0.2) is 0 Å². The number of aryl methyl sites for hydroxylation is 2. The molecule has 0 amide bonds. The number of benzene rings is 1. The van der Waals surface area contributed by atoms with Crippen LogP contribution in [0.15, 0.2) is 47.4 Å². The van der Waals surface area contributed by atoms with Crippen molar-refractivity contribution in [1.82, 2.24) is 19.7 Å². The minimum absolute atomic E-state index is 0.165. The Morgan fingerprint density at radius 3 is 2.69 bits per heavy atom. The van der Waals surface area contributed by atoms with Crippen LogP contribution >= 0.6 is 11.6 Å². The van der Waals surface area contributed by atoms with Crippen LogP contribution in [0.3, 0.4) is 0 Å². The summed E-state index contributed by atoms with van der Waals surface area (Å²) in [4.78, 5) is 21.9. The lowest BCUT2D eigenvalue weighted by Crippen LogP contribution is -2.20. The zero-order chi connectivity index (χ0) is 23.0. The van der Waals surface area contributed by atoms with E-state index in [-0.39, 0.29) is 27.3 Å². The molecule has 0 radical (unpaired) electrons. The molecule has 32 heavy (non-hydrogen) atoms. The Morgan fingerprint density at radius 2 is 1.97 bits per heavy atom. The highest BCUT2D eigenvalue weighted by Gasteiger charge is 2.18. The lowest BCUT2D eigenvalue weighted by Gasteiger charge is -2.14. The van der Waals surface area contributed by atoms with E-state index in [1.54, 1.807) is 43.5 Å². The summed E-state index contributed by atoms with van der Waals surface area (Å²) >= 11 is 5.93. The van der Waals surface area contributed by atoms with E-state index in [9.17, 15) is 9.18 Å². The molecule has 8 heteroatoms. The molecule has 3 aromatic heterocycles. The second-order valence-corrected chi connectivity index (χ2v) is 7.84. The van der Waals surface area contributed by atoms with Crippen LogP contribution in [0.25, 0.3) is 28.4 Å². The molecule has 0 unspecified atom stereocenters. The van der Waals surface area contributed by atoms with Crippen LogP contribution in [0.5, 0.6) is 5.88 Å². The molecule has 0 aliphatic heterocycles. The van der Waals surface area contributed by atoms with Gasteiger partial charge in [0.25, 0.3) is 0 Å². The summed E-state index contributed by atoms with van der Waals surface area (Å²) in [5.41, 5.74) is 3.60. The van der Waals surface area contributed by atoms with Gasteiger partial charge in [0.1, 0.15) is 22.7 Å². The maximum absolute atomic E-state index is 14.8. The highest BCUT2D eigenvalue weighted by Crippen LogP contribution is 2.24. The Labute approximate surface area is 189 Å². The average molecular weight is 451 g/mol. The number of aromatic nitrogens is 4. The average Bonchev–Trinajstić information content (AvgIpc) is 2.76. The van der Waals surface area contributed by atoms with Gasteiger partial charge in [-0.25, -0.2) is 19.0 Å². The molecule has 0 saturated carbocycles. The zero-order valence-corrected chi connectivity index (χ0v) is 18.7. The van der Waals surface area contributed by atoms with E-state index >= 15 is 0 Å². The molecule has 0 aliphatic carbocycles. The third-order valence-corrected chi connectivity index (χ3v) is 5.40. The quantitative estimate of drug-likeness (QED) is 0.430. The van der Waals surface area contributed by atoms with Crippen molar-refractivity contribution in [3.05, 3.63) is 86.2 Å². The highest BCUT2D eigenvalue weighted by molar-refractivity contribution is 6.30. The number of hydrogen-bond acceptors (Lipinski definition) is 5. The second-order valence-electron chi connectivity index (χ2n) is 7.40. The second kappa shape index (κ2) is 8.51. The van der Waals surface area contributed by atoms with Gasteiger partial charge in [0, 0.05) is 23.0 Å². The number of halogens is 2. The topological polar surface area (TPSA) is 69.9 Å². The molecule has 0 fully saturated rings.